The van der Waals surface area contributed by atoms with Crippen molar-refractivity contribution < 1.29 is 0 Å². The molecule has 0 saturated carbocycles. The molecule has 1 rings (SSSR count). The normalized spacial score (nSPS) is 11.6. The average Bonchev–Trinajstić information content (AvgIpc) is 2.15. The highest BCUT2D eigenvalue weighted by atomic mass is 14.2. The lowest BCUT2D eigenvalue weighted by Crippen LogP contribution is -1.92. The summed E-state index contributed by atoms with van der Waals surface area (Å²) < 4.78 is 0. The Hall–Kier alpha value is -1.55. The number of nitriles is 1. The van der Waals surface area contributed by atoms with Crippen molar-refractivity contribution in [2.24, 2.45) is 0 Å². The molecule has 0 radical (unpaired) electrons. The predicted octanol–water partition coefficient (Wildman–Crippen LogP) is 2.87. The Morgan fingerprint density at radius 1 is 1.42 bits per heavy atom. The van der Waals surface area contributed by atoms with Crippen molar-refractivity contribution >= 4 is 0 Å². The Balaban J connectivity index is 2.81. The predicted molar refractivity (Wildman–Crippen MR) is 49.6 cm³/mol. The minimum Gasteiger partial charge on any atom is -0.198 e. The van der Waals surface area contributed by atoms with Crippen molar-refractivity contribution in [2.75, 3.05) is 0 Å². The van der Waals surface area contributed by atoms with Crippen molar-refractivity contribution in [2.45, 2.75) is 12.3 Å². The first-order valence-corrected chi connectivity index (χ1v) is 3.93. The van der Waals surface area contributed by atoms with E-state index in [0.717, 1.165) is 5.56 Å². The highest BCUT2D eigenvalue weighted by molar-refractivity contribution is 5.24. The number of rotatable bonds is 3. The van der Waals surface area contributed by atoms with Crippen LogP contribution in [0, 0.1) is 11.3 Å². The molecule has 1 atom stereocenters. The van der Waals surface area contributed by atoms with E-state index in [1.165, 1.54) is 0 Å². The van der Waals surface area contributed by atoms with Gasteiger partial charge in [0.2, 0.25) is 0 Å². The highest BCUT2D eigenvalue weighted by Gasteiger charge is 2.04. The van der Waals surface area contributed by atoms with Crippen LogP contribution in [-0.2, 0) is 0 Å². The Morgan fingerprint density at radius 3 is 2.58 bits per heavy atom. The summed E-state index contributed by atoms with van der Waals surface area (Å²) in [5.74, 6) is 0.177. The van der Waals surface area contributed by atoms with Gasteiger partial charge in [-0.1, -0.05) is 36.4 Å². The first-order chi connectivity index (χ1) is 5.88. The van der Waals surface area contributed by atoms with Crippen molar-refractivity contribution in [3.05, 3.63) is 48.6 Å². The Bertz CT molecular complexity index is 282. The monoisotopic (exact) mass is 157 g/mol. The Kier molecular flexibility index (Phi) is 3.10. The fourth-order valence-electron chi connectivity index (χ4n) is 1.14. The van der Waals surface area contributed by atoms with Crippen molar-refractivity contribution in [3.63, 3.8) is 0 Å². The molecule has 12 heavy (non-hydrogen) atoms. The molecule has 0 aliphatic heterocycles. The van der Waals surface area contributed by atoms with Crippen LogP contribution in [0.15, 0.2) is 43.0 Å². The van der Waals surface area contributed by atoms with E-state index in [1.54, 1.807) is 0 Å². The molecule has 0 amide bonds. The largest absolute Gasteiger partial charge is 0.198 e. The molecular weight excluding hydrogens is 146 g/mol. The lowest BCUT2D eigenvalue weighted by Gasteiger charge is -2.06. The molecule has 0 aliphatic carbocycles. The second kappa shape index (κ2) is 4.35. The molecular formula is C11H11N. The molecule has 0 saturated heterocycles. The van der Waals surface area contributed by atoms with Gasteiger partial charge < -0.3 is 0 Å². The third-order valence-corrected chi connectivity index (χ3v) is 1.82. The molecule has 0 fully saturated rings. The number of benzene rings is 1. The van der Waals surface area contributed by atoms with Crippen molar-refractivity contribution in [1.29, 1.82) is 5.26 Å². The zero-order chi connectivity index (χ0) is 8.81. The molecule has 1 aromatic rings. The van der Waals surface area contributed by atoms with Crippen molar-refractivity contribution in [1.82, 2.24) is 0 Å². The summed E-state index contributed by atoms with van der Waals surface area (Å²) in [5.41, 5.74) is 1.16. The quantitative estimate of drug-likeness (QED) is 0.619. The van der Waals surface area contributed by atoms with Gasteiger partial charge >= 0.3 is 0 Å². The van der Waals surface area contributed by atoms with E-state index in [-0.39, 0.29) is 5.92 Å². The maximum absolute atomic E-state index is 8.53. The van der Waals surface area contributed by atoms with E-state index in [9.17, 15) is 0 Å². The van der Waals surface area contributed by atoms with Gasteiger partial charge in [-0.2, -0.15) is 5.26 Å². The summed E-state index contributed by atoms with van der Waals surface area (Å²) in [6, 6.07) is 12.1. The SMILES string of the molecule is C=C[C@@H](CC#N)c1ccccc1. The molecule has 0 aromatic heterocycles. The van der Waals surface area contributed by atoms with E-state index >= 15 is 0 Å². The van der Waals surface area contributed by atoms with Crippen LogP contribution in [0.5, 0.6) is 0 Å². The summed E-state index contributed by atoms with van der Waals surface area (Å²) in [7, 11) is 0. The van der Waals surface area contributed by atoms with Gasteiger partial charge in [0.1, 0.15) is 0 Å². The summed E-state index contributed by atoms with van der Waals surface area (Å²) in [4.78, 5) is 0. The van der Waals surface area contributed by atoms with Gasteiger partial charge in [0.15, 0.2) is 0 Å². The summed E-state index contributed by atoms with van der Waals surface area (Å²) in [5, 5.41) is 8.53. The molecule has 0 N–H and O–H groups in total. The van der Waals surface area contributed by atoms with Gasteiger partial charge in [0.05, 0.1) is 6.07 Å². The summed E-state index contributed by atoms with van der Waals surface area (Å²) in [6.07, 6.45) is 2.33. The number of allylic oxidation sites excluding steroid dienone is 1. The number of hydrogen-bond donors (Lipinski definition) is 0. The lowest BCUT2D eigenvalue weighted by atomic mass is 9.97. The number of nitrogens with zero attached hydrogens (tertiary/aromatic N) is 1. The van der Waals surface area contributed by atoms with Crippen LogP contribution in [0.4, 0.5) is 0 Å². The molecule has 0 spiro atoms. The average molecular weight is 157 g/mol. The first kappa shape index (κ1) is 8.55. The van der Waals surface area contributed by atoms with Crippen LogP contribution in [-0.4, -0.2) is 0 Å². The van der Waals surface area contributed by atoms with Crippen LogP contribution in [0.2, 0.25) is 0 Å². The second-order valence-electron chi connectivity index (χ2n) is 2.62. The summed E-state index contributed by atoms with van der Waals surface area (Å²) in [6.45, 7) is 3.70. The summed E-state index contributed by atoms with van der Waals surface area (Å²) >= 11 is 0. The van der Waals surface area contributed by atoms with Gasteiger partial charge in [-0.3, -0.25) is 0 Å². The van der Waals surface area contributed by atoms with Gasteiger partial charge in [0.25, 0.3) is 0 Å². The fourth-order valence-corrected chi connectivity index (χ4v) is 1.14. The zero-order valence-corrected chi connectivity index (χ0v) is 6.90. The van der Waals surface area contributed by atoms with Crippen LogP contribution in [0.25, 0.3) is 0 Å². The Morgan fingerprint density at radius 2 is 2.08 bits per heavy atom. The van der Waals surface area contributed by atoms with Crippen LogP contribution in [0.1, 0.15) is 17.9 Å². The van der Waals surface area contributed by atoms with Crippen LogP contribution < -0.4 is 0 Å². The molecule has 1 heteroatoms. The van der Waals surface area contributed by atoms with Gasteiger partial charge in [-0.15, -0.1) is 6.58 Å². The van der Waals surface area contributed by atoms with E-state index < -0.39 is 0 Å². The highest BCUT2D eigenvalue weighted by Crippen LogP contribution is 2.19. The molecule has 0 heterocycles. The van der Waals surface area contributed by atoms with E-state index in [0.29, 0.717) is 6.42 Å². The van der Waals surface area contributed by atoms with Gasteiger partial charge in [0, 0.05) is 12.3 Å². The van der Waals surface area contributed by atoms with Gasteiger partial charge in [-0.25, -0.2) is 0 Å². The van der Waals surface area contributed by atoms with E-state index in [4.69, 9.17) is 5.26 Å². The lowest BCUT2D eigenvalue weighted by molar-refractivity contribution is 0.875. The molecule has 60 valence electrons. The zero-order valence-electron chi connectivity index (χ0n) is 6.90. The maximum Gasteiger partial charge on any atom is 0.0631 e. The minimum absolute atomic E-state index is 0.177. The standard InChI is InChI=1S/C11H11N/c1-2-10(8-9-12)11-6-4-3-5-7-11/h2-7,10H,1,8H2/t10-/m0/s1. The maximum atomic E-state index is 8.53. The van der Waals surface area contributed by atoms with Crippen LogP contribution >= 0.6 is 0 Å². The molecule has 1 aromatic carbocycles. The smallest absolute Gasteiger partial charge is 0.0631 e. The topological polar surface area (TPSA) is 23.8 Å². The molecule has 0 unspecified atom stereocenters. The molecule has 0 aliphatic rings. The van der Waals surface area contributed by atoms with Crippen LogP contribution in [0.3, 0.4) is 0 Å². The molecule has 1 nitrogen and oxygen atoms in total. The van der Waals surface area contributed by atoms with E-state index in [1.807, 2.05) is 36.4 Å². The van der Waals surface area contributed by atoms with Crippen molar-refractivity contribution in [3.8, 4) is 6.07 Å². The third-order valence-electron chi connectivity index (χ3n) is 1.82. The van der Waals surface area contributed by atoms with Gasteiger partial charge in [-0.05, 0) is 5.56 Å². The Labute approximate surface area is 73.0 Å². The molecule has 0 bridgehead atoms. The fraction of sp³-hybridized carbons (Fsp3) is 0.182. The van der Waals surface area contributed by atoms with E-state index in [2.05, 4.69) is 12.6 Å². The third kappa shape index (κ3) is 1.96. The minimum atomic E-state index is 0.177. The number of hydrogen-bond acceptors (Lipinski definition) is 1. The second-order valence-corrected chi connectivity index (χ2v) is 2.62. The first-order valence-electron chi connectivity index (χ1n) is 3.93.